The van der Waals surface area contributed by atoms with Crippen LogP contribution in [0.2, 0.25) is 0 Å². The molecule has 0 heterocycles. The zero-order valence-electron chi connectivity index (χ0n) is 14.6. The van der Waals surface area contributed by atoms with Gasteiger partial charge >= 0.3 is 12.4 Å². The molecule has 0 bridgehead atoms. The van der Waals surface area contributed by atoms with Gasteiger partial charge in [-0.3, -0.25) is 0 Å². The van der Waals surface area contributed by atoms with Crippen LogP contribution in [0.3, 0.4) is 0 Å². The lowest BCUT2D eigenvalue weighted by atomic mass is 10.0. The van der Waals surface area contributed by atoms with E-state index < -0.39 is 23.5 Å². The Kier molecular flexibility index (Phi) is 5.75. The van der Waals surface area contributed by atoms with Crippen LogP contribution in [0.25, 0.3) is 11.1 Å². The molecule has 142 valence electrons. The molecule has 7 heteroatoms. The molecule has 2 rings (SSSR count). The van der Waals surface area contributed by atoms with E-state index in [1.807, 2.05) is 0 Å². The maximum atomic E-state index is 13.0. The Labute approximate surface area is 156 Å². The van der Waals surface area contributed by atoms with E-state index in [-0.39, 0.29) is 9.52 Å². The Bertz CT molecular complexity index is 817. The molecule has 0 amide bonds. The van der Waals surface area contributed by atoms with E-state index in [4.69, 9.17) is 0 Å². The van der Waals surface area contributed by atoms with E-state index in [9.17, 15) is 26.3 Å². The highest BCUT2D eigenvalue weighted by atomic mass is 28.2. The largest absolute Gasteiger partial charge is 0.416 e. The lowest BCUT2D eigenvalue weighted by Gasteiger charge is -2.16. The highest BCUT2D eigenvalue weighted by molar-refractivity contribution is 6.69. The summed E-state index contributed by atoms with van der Waals surface area (Å²) in [4.78, 5) is 0. The molecule has 0 saturated carbocycles. The molecule has 27 heavy (non-hydrogen) atoms. The van der Waals surface area contributed by atoms with E-state index in [1.54, 1.807) is 13.8 Å². The molecule has 0 unspecified atom stereocenters. The lowest BCUT2D eigenvalue weighted by molar-refractivity contribution is -0.138. The van der Waals surface area contributed by atoms with E-state index in [0.29, 0.717) is 32.6 Å². The van der Waals surface area contributed by atoms with Crippen LogP contribution in [0.15, 0.2) is 49.6 Å². The number of benzene rings is 2. The van der Waals surface area contributed by atoms with Crippen LogP contribution in [-0.4, -0.2) is 9.52 Å². The number of rotatable bonds is 4. The fourth-order valence-corrected chi connectivity index (χ4v) is 3.97. The van der Waals surface area contributed by atoms with Gasteiger partial charge in [-0.25, -0.2) is 0 Å². The smallest absolute Gasteiger partial charge is 0.166 e. The van der Waals surface area contributed by atoms with Crippen LogP contribution in [0.4, 0.5) is 26.3 Å². The second-order valence-corrected chi connectivity index (χ2v) is 7.53. The van der Waals surface area contributed by atoms with Crippen molar-refractivity contribution in [1.82, 2.24) is 0 Å². The molecule has 0 spiro atoms. The fourth-order valence-electron chi connectivity index (χ4n) is 2.51. The van der Waals surface area contributed by atoms with Gasteiger partial charge in [0.15, 0.2) is 0 Å². The molecule has 2 aromatic rings. The highest BCUT2D eigenvalue weighted by Crippen LogP contribution is 2.31. The predicted molar refractivity (Wildman–Crippen MR) is 97.3 cm³/mol. The Morgan fingerprint density at radius 1 is 0.704 bits per heavy atom. The van der Waals surface area contributed by atoms with Gasteiger partial charge in [-0.2, -0.15) is 26.3 Å². The second-order valence-electron chi connectivity index (χ2n) is 6.20. The number of allylic oxidation sites excluding steroid dienone is 2. The third-order valence-corrected chi connectivity index (χ3v) is 5.29. The van der Waals surface area contributed by atoms with Crippen molar-refractivity contribution in [1.29, 1.82) is 0 Å². The van der Waals surface area contributed by atoms with Crippen molar-refractivity contribution >= 4 is 31.0 Å². The van der Waals surface area contributed by atoms with Crippen molar-refractivity contribution in [2.45, 2.75) is 26.2 Å². The molecule has 0 saturated heterocycles. The second kappa shape index (κ2) is 7.38. The normalized spacial score (nSPS) is 12.1. The summed E-state index contributed by atoms with van der Waals surface area (Å²) < 4.78 is 77.8. The first-order valence-corrected chi connectivity index (χ1v) is 8.82. The number of halogens is 6. The van der Waals surface area contributed by atoms with Crippen LogP contribution in [-0.2, 0) is 12.4 Å². The summed E-state index contributed by atoms with van der Waals surface area (Å²) in [6.07, 6.45) is -8.97. The van der Waals surface area contributed by atoms with Crippen molar-refractivity contribution in [3.05, 3.63) is 71.8 Å². The molecule has 2 radical (unpaired) electrons. The van der Waals surface area contributed by atoms with Gasteiger partial charge in [0.2, 0.25) is 0 Å². The number of hydrogen-bond donors (Lipinski definition) is 0. The molecular weight excluding hydrogens is 382 g/mol. The Morgan fingerprint density at radius 3 is 1.30 bits per heavy atom. The summed E-state index contributed by atoms with van der Waals surface area (Å²) >= 11 is 0. The van der Waals surface area contributed by atoms with Crippen LogP contribution in [0.5, 0.6) is 0 Å². The molecule has 0 fully saturated rings. The topological polar surface area (TPSA) is 0 Å². The first-order chi connectivity index (χ1) is 12.3. The quantitative estimate of drug-likeness (QED) is 0.475. The van der Waals surface area contributed by atoms with Gasteiger partial charge in [0.1, 0.15) is 9.52 Å². The monoisotopic (exact) mass is 398 g/mol. The van der Waals surface area contributed by atoms with Gasteiger partial charge in [0.25, 0.3) is 0 Å². The van der Waals surface area contributed by atoms with Crippen molar-refractivity contribution < 1.29 is 26.3 Å². The summed E-state index contributed by atoms with van der Waals surface area (Å²) in [5.41, 5.74) is 0.00871. The van der Waals surface area contributed by atoms with Gasteiger partial charge in [0.05, 0.1) is 11.1 Å². The summed E-state index contributed by atoms with van der Waals surface area (Å²) in [6, 6.07) is 6.69. The third kappa shape index (κ3) is 4.91. The van der Waals surface area contributed by atoms with Crippen molar-refractivity contribution in [3.8, 4) is 0 Å². The van der Waals surface area contributed by atoms with Crippen LogP contribution in [0, 0.1) is 0 Å². The Balaban J connectivity index is 2.53. The van der Waals surface area contributed by atoms with Gasteiger partial charge in [-0.1, -0.05) is 58.9 Å². The molecular formula is C20H16F6Si. The maximum absolute atomic E-state index is 13.0. The average Bonchev–Trinajstić information content (AvgIpc) is 2.53. The first-order valence-electron chi connectivity index (χ1n) is 7.82. The Morgan fingerprint density at radius 2 is 1.04 bits per heavy atom. The summed E-state index contributed by atoms with van der Waals surface area (Å²) in [5, 5.41) is 1.16. The minimum atomic E-state index is -4.48. The van der Waals surface area contributed by atoms with Crippen molar-refractivity contribution in [3.63, 3.8) is 0 Å². The van der Waals surface area contributed by atoms with E-state index in [1.165, 1.54) is 12.1 Å². The van der Waals surface area contributed by atoms with Crippen LogP contribution in [0.1, 0.15) is 36.1 Å². The molecule has 0 aliphatic rings. The molecule has 0 aromatic heterocycles. The summed E-state index contributed by atoms with van der Waals surface area (Å²) in [5.74, 6) is 0. The van der Waals surface area contributed by atoms with Crippen LogP contribution < -0.4 is 10.4 Å². The predicted octanol–water partition coefficient (Wildman–Crippen LogP) is 5.45. The highest BCUT2D eigenvalue weighted by Gasteiger charge is 2.32. The van der Waals surface area contributed by atoms with E-state index in [2.05, 4.69) is 13.2 Å². The zero-order chi connectivity index (χ0) is 20.6. The van der Waals surface area contributed by atoms with Gasteiger partial charge in [-0.05, 0) is 37.1 Å². The van der Waals surface area contributed by atoms with E-state index >= 15 is 0 Å². The van der Waals surface area contributed by atoms with Crippen molar-refractivity contribution in [2.24, 2.45) is 0 Å². The molecule has 0 nitrogen and oxygen atoms in total. The SMILES string of the molecule is C=C(C)c1cc(C(F)(F)F)ccc1[Si]c1ccc(C(F)(F)F)cc1C(=C)C. The molecule has 0 N–H and O–H groups in total. The van der Waals surface area contributed by atoms with Crippen LogP contribution >= 0.6 is 0 Å². The number of hydrogen-bond acceptors (Lipinski definition) is 0. The summed E-state index contributed by atoms with van der Waals surface area (Å²) in [7, 11) is -0.137. The molecule has 0 aliphatic heterocycles. The number of alkyl halides is 6. The minimum Gasteiger partial charge on any atom is -0.166 e. The minimum absolute atomic E-state index is 0.137. The average molecular weight is 398 g/mol. The summed E-state index contributed by atoms with van der Waals surface area (Å²) in [6.45, 7) is 10.6. The zero-order valence-corrected chi connectivity index (χ0v) is 15.6. The first kappa shape index (κ1) is 21.0. The molecule has 2 aromatic carbocycles. The Hall–Kier alpha value is -2.28. The maximum Gasteiger partial charge on any atom is 0.416 e. The molecule has 0 atom stereocenters. The van der Waals surface area contributed by atoms with E-state index in [0.717, 1.165) is 24.3 Å². The fraction of sp³-hybridized carbons (Fsp3) is 0.200. The van der Waals surface area contributed by atoms with Crippen molar-refractivity contribution in [2.75, 3.05) is 0 Å². The van der Waals surface area contributed by atoms with Gasteiger partial charge in [-0.15, -0.1) is 0 Å². The third-order valence-electron chi connectivity index (χ3n) is 3.88. The standard InChI is InChI=1S/C20H16F6Si/c1-11(2)15-9-13(19(21,22)23)5-7-17(15)27-18-8-6-14(20(24,25)26)10-16(18)12(3)4/h5-10H,1,3H2,2,4H3. The molecule has 0 aliphatic carbocycles. The van der Waals surface area contributed by atoms with Gasteiger partial charge in [0, 0.05) is 0 Å². The van der Waals surface area contributed by atoms with Gasteiger partial charge < -0.3 is 0 Å². The lowest BCUT2D eigenvalue weighted by Crippen LogP contribution is -2.32.